The smallest absolute Gasteiger partial charge is 0.176 e. The Kier molecular flexibility index (Phi) is 3.12. The van der Waals surface area contributed by atoms with E-state index in [1.54, 1.807) is 14.2 Å². The third kappa shape index (κ3) is 1.89. The van der Waals surface area contributed by atoms with Crippen LogP contribution in [0.4, 0.5) is 0 Å². The van der Waals surface area contributed by atoms with Crippen molar-refractivity contribution in [3.63, 3.8) is 0 Å². The van der Waals surface area contributed by atoms with Crippen molar-refractivity contribution < 1.29 is 14.0 Å². The number of hydrogen-bond acceptors (Lipinski definition) is 4. The average Bonchev–Trinajstić information content (AvgIpc) is 2.72. The Morgan fingerprint density at radius 2 is 2.12 bits per heavy atom. The summed E-state index contributed by atoms with van der Waals surface area (Å²) >= 11 is 0. The van der Waals surface area contributed by atoms with Gasteiger partial charge in [0, 0.05) is 5.39 Å². The summed E-state index contributed by atoms with van der Waals surface area (Å²) in [4.78, 5) is 4.87. The van der Waals surface area contributed by atoms with Crippen LogP contribution < -0.4 is 10.2 Å². The molecule has 0 amide bonds. The summed E-state index contributed by atoms with van der Waals surface area (Å²) in [5.41, 5.74) is 3.59. The van der Waals surface area contributed by atoms with Gasteiger partial charge in [-0.15, -0.1) is 0 Å². The van der Waals surface area contributed by atoms with Crippen molar-refractivity contribution in [2.24, 2.45) is 0 Å². The normalized spacial score (nSPS) is 12.9. The van der Waals surface area contributed by atoms with Gasteiger partial charge in [-0.3, -0.25) is 0 Å². The highest BCUT2D eigenvalue weighted by Gasteiger charge is 2.13. The summed E-state index contributed by atoms with van der Waals surface area (Å²) in [5, 5.41) is 1.03. The molecule has 0 spiro atoms. The van der Waals surface area contributed by atoms with E-state index in [0.717, 1.165) is 22.5 Å². The number of hydroxylamine groups is 1. The molecule has 0 saturated heterocycles. The first-order valence-electron chi connectivity index (χ1n) is 5.11. The summed E-state index contributed by atoms with van der Waals surface area (Å²) in [7, 11) is 3.22. The molecular weight excluding hydrogens is 206 g/mol. The van der Waals surface area contributed by atoms with Crippen molar-refractivity contribution >= 4 is 11.0 Å². The topological polar surface area (TPSA) is 43.6 Å². The molecule has 4 heteroatoms. The van der Waals surface area contributed by atoms with E-state index in [-0.39, 0.29) is 6.04 Å². The monoisotopic (exact) mass is 221 g/mol. The van der Waals surface area contributed by atoms with Gasteiger partial charge in [0.25, 0.3) is 0 Å². The van der Waals surface area contributed by atoms with Gasteiger partial charge in [-0.1, -0.05) is 12.1 Å². The highest BCUT2D eigenvalue weighted by molar-refractivity contribution is 5.83. The first-order valence-corrected chi connectivity index (χ1v) is 5.11. The minimum absolute atomic E-state index is 0.00195. The standard InChI is InChI=1S/C12H15NO3/c1-8(13-15-3)11-7-9-5-4-6-10(14-2)12(9)16-11/h4-8,13H,1-3H3. The van der Waals surface area contributed by atoms with E-state index >= 15 is 0 Å². The van der Waals surface area contributed by atoms with Gasteiger partial charge >= 0.3 is 0 Å². The second-order valence-electron chi connectivity index (χ2n) is 3.57. The van der Waals surface area contributed by atoms with E-state index in [1.807, 2.05) is 31.2 Å². The third-order valence-electron chi connectivity index (χ3n) is 2.47. The molecule has 1 heterocycles. The fraction of sp³-hybridized carbons (Fsp3) is 0.333. The van der Waals surface area contributed by atoms with Crippen molar-refractivity contribution in [1.29, 1.82) is 0 Å². The second-order valence-corrected chi connectivity index (χ2v) is 3.57. The number of rotatable bonds is 4. The van der Waals surface area contributed by atoms with Crippen LogP contribution in [0.15, 0.2) is 28.7 Å². The maximum absolute atomic E-state index is 5.74. The van der Waals surface area contributed by atoms with Gasteiger partial charge in [-0.25, -0.2) is 0 Å². The van der Waals surface area contributed by atoms with Crippen molar-refractivity contribution in [1.82, 2.24) is 5.48 Å². The van der Waals surface area contributed by atoms with Crippen LogP contribution in [0.5, 0.6) is 5.75 Å². The molecule has 1 atom stereocenters. The number of nitrogens with one attached hydrogen (secondary N) is 1. The summed E-state index contributed by atoms with van der Waals surface area (Å²) < 4.78 is 11.0. The number of furan rings is 1. The zero-order chi connectivity index (χ0) is 11.5. The molecule has 1 aromatic heterocycles. The quantitative estimate of drug-likeness (QED) is 0.806. The zero-order valence-electron chi connectivity index (χ0n) is 9.61. The predicted octanol–water partition coefficient (Wildman–Crippen LogP) is 2.65. The molecule has 0 fully saturated rings. The van der Waals surface area contributed by atoms with Gasteiger partial charge in [0.2, 0.25) is 0 Å². The van der Waals surface area contributed by atoms with Gasteiger partial charge in [0.05, 0.1) is 20.3 Å². The molecule has 86 valence electrons. The van der Waals surface area contributed by atoms with Crippen LogP contribution in [0.1, 0.15) is 18.7 Å². The molecule has 0 saturated carbocycles. The molecule has 2 aromatic rings. The van der Waals surface area contributed by atoms with Crippen LogP contribution in [0.25, 0.3) is 11.0 Å². The zero-order valence-corrected chi connectivity index (χ0v) is 9.61. The largest absolute Gasteiger partial charge is 0.493 e. The molecule has 0 aliphatic rings. The summed E-state index contributed by atoms with van der Waals surface area (Å²) in [6.45, 7) is 1.97. The predicted molar refractivity (Wildman–Crippen MR) is 61.3 cm³/mol. The van der Waals surface area contributed by atoms with Crippen LogP contribution in [0.2, 0.25) is 0 Å². The number of hydrogen-bond donors (Lipinski definition) is 1. The van der Waals surface area contributed by atoms with Gasteiger partial charge in [0.15, 0.2) is 11.3 Å². The minimum Gasteiger partial charge on any atom is -0.493 e. The number of ether oxygens (including phenoxy) is 1. The van der Waals surface area contributed by atoms with Crippen molar-refractivity contribution in [2.45, 2.75) is 13.0 Å². The Bertz CT molecular complexity index is 478. The fourth-order valence-corrected chi connectivity index (χ4v) is 1.67. The van der Waals surface area contributed by atoms with Gasteiger partial charge in [-0.2, -0.15) is 5.48 Å². The fourth-order valence-electron chi connectivity index (χ4n) is 1.67. The second kappa shape index (κ2) is 4.55. The molecule has 2 rings (SSSR count). The Morgan fingerprint density at radius 3 is 2.81 bits per heavy atom. The van der Waals surface area contributed by atoms with Crippen molar-refractivity contribution in [2.75, 3.05) is 14.2 Å². The lowest BCUT2D eigenvalue weighted by Gasteiger charge is -2.07. The maximum atomic E-state index is 5.74. The summed E-state index contributed by atoms with van der Waals surface area (Å²) in [5.74, 6) is 1.56. The van der Waals surface area contributed by atoms with E-state index in [4.69, 9.17) is 14.0 Å². The summed E-state index contributed by atoms with van der Waals surface area (Å²) in [6.07, 6.45) is 0. The molecular formula is C12H15NO3. The van der Waals surface area contributed by atoms with Crippen LogP contribution in [0, 0.1) is 0 Å². The molecule has 1 N–H and O–H groups in total. The highest BCUT2D eigenvalue weighted by atomic mass is 16.6. The lowest BCUT2D eigenvalue weighted by Crippen LogP contribution is -2.15. The molecule has 0 aliphatic carbocycles. The van der Waals surface area contributed by atoms with Gasteiger partial charge in [0.1, 0.15) is 5.76 Å². The van der Waals surface area contributed by atoms with Crippen LogP contribution >= 0.6 is 0 Å². The lowest BCUT2D eigenvalue weighted by atomic mass is 10.2. The summed E-state index contributed by atoms with van der Waals surface area (Å²) in [6, 6.07) is 7.79. The molecule has 0 aliphatic heterocycles. The molecule has 16 heavy (non-hydrogen) atoms. The van der Waals surface area contributed by atoms with Gasteiger partial charge < -0.3 is 14.0 Å². The highest BCUT2D eigenvalue weighted by Crippen LogP contribution is 2.30. The van der Waals surface area contributed by atoms with Crippen molar-refractivity contribution in [3.05, 3.63) is 30.0 Å². The lowest BCUT2D eigenvalue weighted by molar-refractivity contribution is 0.0600. The average molecular weight is 221 g/mol. The molecule has 4 nitrogen and oxygen atoms in total. The van der Waals surface area contributed by atoms with E-state index in [2.05, 4.69) is 5.48 Å². The van der Waals surface area contributed by atoms with Crippen LogP contribution in [0.3, 0.4) is 0 Å². The minimum atomic E-state index is 0.00195. The number of benzene rings is 1. The Morgan fingerprint density at radius 1 is 1.31 bits per heavy atom. The molecule has 1 aromatic carbocycles. The van der Waals surface area contributed by atoms with Crippen LogP contribution in [-0.4, -0.2) is 14.2 Å². The first-order chi connectivity index (χ1) is 7.76. The Labute approximate surface area is 94.1 Å². The van der Waals surface area contributed by atoms with Gasteiger partial charge in [-0.05, 0) is 19.1 Å². The Balaban J connectivity index is 2.43. The number of para-hydroxylation sites is 1. The molecule has 0 radical (unpaired) electrons. The van der Waals surface area contributed by atoms with E-state index in [0.29, 0.717) is 0 Å². The Hall–Kier alpha value is -1.52. The maximum Gasteiger partial charge on any atom is 0.176 e. The van der Waals surface area contributed by atoms with E-state index in [1.165, 1.54) is 0 Å². The van der Waals surface area contributed by atoms with Crippen molar-refractivity contribution in [3.8, 4) is 5.75 Å². The SMILES string of the molecule is CONC(C)c1cc2cccc(OC)c2o1. The molecule has 0 bridgehead atoms. The number of methoxy groups -OCH3 is 1. The third-order valence-corrected chi connectivity index (χ3v) is 2.47. The van der Waals surface area contributed by atoms with Crippen LogP contribution in [-0.2, 0) is 4.84 Å². The molecule has 1 unspecified atom stereocenters. The van der Waals surface area contributed by atoms with E-state index < -0.39 is 0 Å². The number of fused-ring (bicyclic) bond motifs is 1. The van der Waals surface area contributed by atoms with E-state index in [9.17, 15) is 0 Å². The first kappa shape index (κ1) is 11.0.